The number of halogens is 2. The van der Waals surface area contributed by atoms with Crippen LogP contribution in [0, 0.1) is 5.82 Å². The number of hydrazone groups is 1. The van der Waals surface area contributed by atoms with Crippen molar-refractivity contribution in [1.82, 2.24) is 0 Å². The summed E-state index contributed by atoms with van der Waals surface area (Å²) in [5.41, 5.74) is 2.33. The Balaban J connectivity index is 1.96. The van der Waals surface area contributed by atoms with Gasteiger partial charge < -0.3 is 9.47 Å². The summed E-state index contributed by atoms with van der Waals surface area (Å²) in [5, 5.41) is 5.59. The quantitative estimate of drug-likeness (QED) is 0.573. The fourth-order valence-corrected chi connectivity index (χ4v) is 3.40. The minimum absolute atomic E-state index is 0.271. The van der Waals surface area contributed by atoms with E-state index in [1.165, 1.54) is 29.3 Å². The van der Waals surface area contributed by atoms with E-state index in [2.05, 4.69) is 21.0 Å². The number of amides is 1. The molecule has 7 heteroatoms. The first kappa shape index (κ1) is 20.1. The Bertz CT molecular complexity index is 955. The second-order valence-electron chi connectivity index (χ2n) is 6.03. The van der Waals surface area contributed by atoms with Gasteiger partial charge in [-0.2, -0.15) is 10.1 Å². The van der Waals surface area contributed by atoms with Crippen LogP contribution in [0.15, 0.2) is 51.5 Å². The lowest BCUT2D eigenvalue weighted by Crippen LogP contribution is -2.21. The van der Waals surface area contributed by atoms with Crippen LogP contribution in [0.4, 0.5) is 10.1 Å². The van der Waals surface area contributed by atoms with E-state index in [4.69, 9.17) is 9.47 Å². The molecule has 1 amide bonds. The number of hydrogen-bond acceptors (Lipinski definition) is 4. The summed E-state index contributed by atoms with van der Waals surface area (Å²) in [7, 11) is 0. The first-order chi connectivity index (χ1) is 13.4. The first-order valence-corrected chi connectivity index (χ1v) is 9.70. The lowest BCUT2D eigenvalue weighted by Gasteiger charge is -2.14. The number of carbonyl (C=O) groups is 1. The fraction of sp³-hybridized carbons (Fsp3) is 0.238. The summed E-state index contributed by atoms with van der Waals surface area (Å²) < 4.78 is 25.2. The number of benzene rings is 2. The molecule has 146 valence electrons. The van der Waals surface area contributed by atoms with E-state index in [1.54, 1.807) is 13.0 Å². The predicted octanol–water partition coefficient (Wildman–Crippen LogP) is 5.19. The molecule has 28 heavy (non-hydrogen) atoms. The van der Waals surface area contributed by atoms with Gasteiger partial charge in [0.2, 0.25) is 0 Å². The monoisotopic (exact) mass is 446 g/mol. The summed E-state index contributed by atoms with van der Waals surface area (Å²) in [5.74, 6) is 0.588. The Labute approximate surface area is 171 Å². The zero-order valence-electron chi connectivity index (χ0n) is 15.8. The van der Waals surface area contributed by atoms with E-state index in [1.807, 2.05) is 26.0 Å². The second kappa shape index (κ2) is 8.56. The molecule has 0 fully saturated rings. The highest BCUT2D eigenvalue weighted by Crippen LogP contribution is 2.38. The van der Waals surface area contributed by atoms with Gasteiger partial charge in [0.1, 0.15) is 5.82 Å². The molecule has 0 atom stereocenters. The number of nitrogens with zero attached hydrogens (tertiary/aromatic N) is 2. The van der Waals surface area contributed by atoms with Gasteiger partial charge in [0.05, 0.1) is 34.7 Å². The highest BCUT2D eigenvalue weighted by Gasteiger charge is 2.29. The van der Waals surface area contributed by atoms with Crippen LogP contribution in [0.3, 0.4) is 0 Å². The van der Waals surface area contributed by atoms with Crippen LogP contribution in [0.25, 0.3) is 6.08 Å². The van der Waals surface area contributed by atoms with Crippen LogP contribution in [0.2, 0.25) is 0 Å². The smallest absolute Gasteiger partial charge is 0.280 e. The van der Waals surface area contributed by atoms with Crippen LogP contribution < -0.4 is 14.5 Å². The van der Waals surface area contributed by atoms with Crippen molar-refractivity contribution >= 4 is 39.3 Å². The molecule has 0 spiro atoms. The van der Waals surface area contributed by atoms with Crippen molar-refractivity contribution in [2.45, 2.75) is 20.8 Å². The van der Waals surface area contributed by atoms with Crippen LogP contribution in [-0.4, -0.2) is 24.8 Å². The average Bonchev–Trinajstić information content (AvgIpc) is 2.94. The molecule has 0 unspecified atom stereocenters. The number of rotatable bonds is 6. The Morgan fingerprint density at radius 1 is 1.14 bits per heavy atom. The molecule has 0 aromatic heterocycles. The molecule has 0 radical (unpaired) electrons. The SMILES string of the molecule is CCOc1cc(C=C2C(=O)N(c3ccc(F)cc3)N=C2C)cc(Br)c1OCC. The molecule has 1 heterocycles. The molecule has 1 aliphatic rings. The molecule has 0 bridgehead atoms. The average molecular weight is 447 g/mol. The minimum Gasteiger partial charge on any atom is -0.490 e. The Morgan fingerprint density at radius 2 is 1.82 bits per heavy atom. The fourth-order valence-electron chi connectivity index (χ4n) is 2.83. The third kappa shape index (κ3) is 4.09. The molecule has 0 aliphatic carbocycles. The van der Waals surface area contributed by atoms with Crippen LogP contribution in [-0.2, 0) is 4.79 Å². The largest absolute Gasteiger partial charge is 0.490 e. The lowest BCUT2D eigenvalue weighted by molar-refractivity contribution is -0.114. The van der Waals surface area contributed by atoms with E-state index in [0.29, 0.717) is 41.7 Å². The van der Waals surface area contributed by atoms with E-state index in [-0.39, 0.29) is 11.7 Å². The van der Waals surface area contributed by atoms with Crippen molar-refractivity contribution in [1.29, 1.82) is 0 Å². The van der Waals surface area contributed by atoms with Gasteiger partial charge in [0.25, 0.3) is 5.91 Å². The van der Waals surface area contributed by atoms with E-state index in [0.717, 1.165) is 10.0 Å². The van der Waals surface area contributed by atoms with Gasteiger partial charge in [-0.15, -0.1) is 0 Å². The summed E-state index contributed by atoms with van der Waals surface area (Å²) >= 11 is 3.51. The van der Waals surface area contributed by atoms with E-state index >= 15 is 0 Å². The highest BCUT2D eigenvalue weighted by molar-refractivity contribution is 9.10. The Hall–Kier alpha value is -2.67. The molecular formula is C21H20BrFN2O3. The lowest BCUT2D eigenvalue weighted by atomic mass is 10.1. The van der Waals surface area contributed by atoms with Crippen LogP contribution in [0.1, 0.15) is 26.3 Å². The van der Waals surface area contributed by atoms with Gasteiger partial charge in [-0.1, -0.05) is 0 Å². The maximum absolute atomic E-state index is 13.2. The molecule has 0 saturated carbocycles. The normalized spacial score (nSPS) is 15.2. The molecule has 1 aliphatic heterocycles. The number of hydrogen-bond donors (Lipinski definition) is 0. The van der Waals surface area contributed by atoms with Crippen molar-refractivity contribution in [2.75, 3.05) is 18.2 Å². The van der Waals surface area contributed by atoms with Crippen LogP contribution >= 0.6 is 15.9 Å². The summed E-state index contributed by atoms with van der Waals surface area (Å²) in [6, 6.07) is 9.33. The van der Waals surface area contributed by atoms with Crippen molar-refractivity contribution in [3.63, 3.8) is 0 Å². The molecule has 0 N–H and O–H groups in total. The zero-order chi connectivity index (χ0) is 20.3. The first-order valence-electron chi connectivity index (χ1n) is 8.91. The second-order valence-corrected chi connectivity index (χ2v) is 6.89. The van der Waals surface area contributed by atoms with Gasteiger partial charge in [-0.05, 0) is 84.7 Å². The topological polar surface area (TPSA) is 51.1 Å². The maximum Gasteiger partial charge on any atom is 0.280 e. The van der Waals surface area contributed by atoms with Gasteiger partial charge in [-0.25, -0.2) is 4.39 Å². The third-order valence-corrected chi connectivity index (χ3v) is 4.65. The summed E-state index contributed by atoms with van der Waals surface area (Å²) in [6.45, 7) is 6.56. The Kier molecular flexibility index (Phi) is 6.14. The standard InChI is InChI=1S/C21H20BrFN2O3/c1-4-27-19-12-14(11-18(22)20(19)28-5-2)10-17-13(3)24-25(21(17)26)16-8-6-15(23)7-9-16/h6-12H,4-5H2,1-3H3. The number of carbonyl (C=O) groups excluding carboxylic acids is 1. The maximum atomic E-state index is 13.2. The van der Waals surface area contributed by atoms with Gasteiger partial charge >= 0.3 is 0 Å². The molecule has 2 aromatic carbocycles. The highest BCUT2D eigenvalue weighted by atomic mass is 79.9. The van der Waals surface area contributed by atoms with Gasteiger partial charge in [0.15, 0.2) is 11.5 Å². The van der Waals surface area contributed by atoms with Crippen LogP contribution in [0.5, 0.6) is 11.5 Å². The molecule has 2 aromatic rings. The number of anilines is 1. The van der Waals surface area contributed by atoms with Crippen molar-refractivity contribution < 1.29 is 18.7 Å². The molecule has 3 rings (SSSR count). The zero-order valence-corrected chi connectivity index (χ0v) is 17.4. The Morgan fingerprint density at radius 3 is 2.46 bits per heavy atom. The van der Waals surface area contributed by atoms with Gasteiger partial charge in [0, 0.05) is 0 Å². The third-order valence-electron chi connectivity index (χ3n) is 4.07. The number of ether oxygens (including phenoxy) is 2. The van der Waals surface area contributed by atoms with Crippen molar-refractivity contribution in [3.05, 3.63) is 57.8 Å². The minimum atomic E-state index is -0.366. The van der Waals surface area contributed by atoms with Crippen molar-refractivity contribution in [3.8, 4) is 11.5 Å². The predicted molar refractivity (Wildman–Crippen MR) is 111 cm³/mol. The molecule has 0 saturated heterocycles. The molecular weight excluding hydrogens is 427 g/mol. The van der Waals surface area contributed by atoms with E-state index in [9.17, 15) is 9.18 Å². The van der Waals surface area contributed by atoms with E-state index < -0.39 is 0 Å². The summed E-state index contributed by atoms with van der Waals surface area (Å²) in [6.07, 6.45) is 1.76. The van der Waals surface area contributed by atoms with Gasteiger partial charge in [-0.3, -0.25) is 4.79 Å². The van der Waals surface area contributed by atoms with Crippen molar-refractivity contribution in [2.24, 2.45) is 5.10 Å². The summed E-state index contributed by atoms with van der Waals surface area (Å²) in [4.78, 5) is 12.9. The molecule has 5 nitrogen and oxygen atoms in total.